The zero-order chi connectivity index (χ0) is 39.7. The summed E-state index contributed by atoms with van der Waals surface area (Å²) >= 11 is 0.920. The normalized spacial score (nSPS) is 12.5. The smallest absolute Gasteiger partial charge is 0.413 e. The SMILES string of the molecule is C[n+]1cc(-c2ccc(OC[C@H](O/N=C(\C(=O)O)c3csc(NC(=O)OC(C)(C)C)n3)C(=O)OC(C)(C)C)cc2F)cn1CCCNC(=O)OC(C)(C)C.[I-]. The highest BCUT2D eigenvalue weighted by Gasteiger charge is 2.30. The summed E-state index contributed by atoms with van der Waals surface area (Å²) in [6.07, 6.45) is 1.28. The lowest BCUT2D eigenvalue weighted by molar-refractivity contribution is -0.753. The van der Waals surface area contributed by atoms with E-state index in [1.807, 2.05) is 11.7 Å². The number of benzene rings is 1. The van der Waals surface area contributed by atoms with E-state index in [4.69, 9.17) is 23.8 Å². The van der Waals surface area contributed by atoms with Crippen LogP contribution in [0.4, 0.5) is 19.1 Å². The number of aryl methyl sites for hydroxylation is 2. The summed E-state index contributed by atoms with van der Waals surface area (Å²) in [6.45, 7) is 15.7. The number of carbonyl (C=O) groups excluding carboxylic acids is 3. The molecule has 0 bridgehead atoms. The van der Waals surface area contributed by atoms with Crippen LogP contribution in [-0.2, 0) is 42.2 Å². The number of aromatic nitrogens is 3. The summed E-state index contributed by atoms with van der Waals surface area (Å²) in [4.78, 5) is 58.5. The Balaban J connectivity index is 0.0000101. The van der Waals surface area contributed by atoms with Crippen LogP contribution in [0.15, 0.2) is 41.1 Å². The minimum absolute atomic E-state index is 0. The predicted molar refractivity (Wildman–Crippen MR) is 192 cm³/mol. The molecule has 3 aromatic rings. The molecule has 0 fully saturated rings. The van der Waals surface area contributed by atoms with Gasteiger partial charge in [0.05, 0.1) is 18.3 Å². The van der Waals surface area contributed by atoms with Gasteiger partial charge in [-0.2, -0.15) is 4.68 Å². The second kappa shape index (κ2) is 19.2. The van der Waals surface area contributed by atoms with Gasteiger partial charge in [-0.3, -0.25) is 5.32 Å². The molecule has 0 aliphatic rings. The minimum atomic E-state index is -1.57. The molecular formula is C35H48FIN6O10S. The molecule has 2 aromatic heterocycles. The van der Waals surface area contributed by atoms with Crippen molar-refractivity contribution in [3.63, 3.8) is 0 Å². The van der Waals surface area contributed by atoms with Gasteiger partial charge in [0.15, 0.2) is 12.2 Å². The molecule has 0 saturated carbocycles. The maximum absolute atomic E-state index is 15.4. The first-order valence-corrected chi connectivity index (χ1v) is 17.5. The van der Waals surface area contributed by atoms with Gasteiger partial charge in [-0.05, 0) is 80.9 Å². The lowest BCUT2D eigenvalue weighted by Crippen LogP contribution is -3.00. The molecule has 1 atom stereocenters. The molecule has 2 amide bonds. The van der Waals surface area contributed by atoms with Crippen molar-refractivity contribution < 1.29 is 81.1 Å². The van der Waals surface area contributed by atoms with E-state index in [1.54, 1.807) is 79.4 Å². The molecule has 16 nitrogen and oxygen atoms in total. The van der Waals surface area contributed by atoms with E-state index < -0.39 is 65.2 Å². The van der Waals surface area contributed by atoms with Gasteiger partial charge in [0.1, 0.15) is 40.7 Å². The van der Waals surface area contributed by atoms with Crippen LogP contribution in [0.5, 0.6) is 5.75 Å². The number of thiazole rings is 1. The number of aliphatic carboxylic acids is 1. The third-order valence-corrected chi connectivity index (χ3v) is 7.16. The molecule has 54 heavy (non-hydrogen) atoms. The number of halogens is 2. The summed E-state index contributed by atoms with van der Waals surface area (Å²) < 4.78 is 40.6. The van der Waals surface area contributed by atoms with E-state index in [1.165, 1.54) is 17.5 Å². The molecule has 0 saturated heterocycles. The largest absolute Gasteiger partial charge is 1.00 e. The number of alkyl carbamates (subject to hydrolysis) is 1. The lowest BCUT2D eigenvalue weighted by Gasteiger charge is -2.23. The van der Waals surface area contributed by atoms with Crippen molar-refractivity contribution in [3.8, 4) is 16.9 Å². The number of oxime groups is 1. The fraction of sp³-hybridized carbons (Fsp3) is 0.514. The summed E-state index contributed by atoms with van der Waals surface area (Å²) in [5, 5.41) is 20.0. The van der Waals surface area contributed by atoms with Crippen molar-refractivity contribution in [2.45, 2.75) is 98.2 Å². The van der Waals surface area contributed by atoms with Crippen LogP contribution < -0.4 is 44.0 Å². The fourth-order valence-electron chi connectivity index (χ4n) is 4.31. The standard InChI is InChI=1S/C35H47FN6O10S.HI/c1-33(2,3)49-29(45)26(52-40-27(28(43)44)25-20-53-30(38-25)39-32(47)51-35(7,8)9)19-48-22-12-13-23(24(36)16-22)21-17-41(10)42(18-21)15-11-14-37-31(46)50-34(4,5)6;/h12-13,16-18,20,26H,11,14-15,19H2,1-10H3,(H2-,37,38,39,43,44,46,47);1H/b40-27-;/t26-;/m0./s1. The van der Waals surface area contributed by atoms with Crippen LogP contribution in [0.2, 0.25) is 0 Å². The first-order valence-electron chi connectivity index (χ1n) is 16.6. The molecular weight excluding hydrogens is 842 g/mol. The second-order valence-corrected chi connectivity index (χ2v) is 15.6. The van der Waals surface area contributed by atoms with Gasteiger partial charge >= 0.3 is 24.1 Å². The number of hydrogen-bond donors (Lipinski definition) is 3. The number of nitrogens with zero attached hydrogens (tertiary/aromatic N) is 4. The number of carboxylic acid groups (broad SMARTS) is 1. The van der Waals surface area contributed by atoms with Gasteiger partial charge in [-0.1, -0.05) is 5.16 Å². The van der Waals surface area contributed by atoms with Gasteiger partial charge in [-0.25, -0.2) is 28.6 Å². The van der Waals surface area contributed by atoms with Crippen LogP contribution in [0, 0.1) is 5.82 Å². The number of hydrogen-bond acceptors (Lipinski definition) is 12. The Morgan fingerprint density at radius 3 is 2.22 bits per heavy atom. The van der Waals surface area contributed by atoms with Crippen LogP contribution in [0.1, 0.15) is 74.4 Å². The number of carbonyl (C=O) groups is 4. The molecule has 2 heterocycles. The van der Waals surface area contributed by atoms with Crippen LogP contribution in [0.3, 0.4) is 0 Å². The second-order valence-electron chi connectivity index (χ2n) is 14.7. The molecule has 3 rings (SSSR count). The number of ether oxygens (including phenoxy) is 4. The van der Waals surface area contributed by atoms with E-state index in [0.717, 1.165) is 17.4 Å². The van der Waals surface area contributed by atoms with Gasteiger partial charge in [0.25, 0.3) is 6.10 Å². The molecule has 3 N–H and O–H groups in total. The molecule has 298 valence electrons. The third-order valence-electron chi connectivity index (χ3n) is 6.40. The van der Waals surface area contributed by atoms with Crippen molar-refractivity contribution in [2.75, 3.05) is 18.5 Å². The Morgan fingerprint density at radius 1 is 1.00 bits per heavy atom. The monoisotopic (exact) mass is 890 g/mol. The van der Waals surface area contributed by atoms with E-state index in [-0.39, 0.29) is 46.1 Å². The van der Waals surface area contributed by atoms with Crippen LogP contribution in [-0.4, -0.2) is 80.7 Å². The summed E-state index contributed by atoms with van der Waals surface area (Å²) in [5.74, 6) is -2.99. The average Bonchev–Trinajstić information content (AvgIpc) is 3.59. The van der Waals surface area contributed by atoms with E-state index >= 15 is 4.39 Å². The number of amides is 2. The van der Waals surface area contributed by atoms with Crippen molar-refractivity contribution in [1.29, 1.82) is 0 Å². The van der Waals surface area contributed by atoms with Gasteiger partial charge in [0, 0.05) is 23.6 Å². The maximum atomic E-state index is 15.4. The Kier molecular flexibility index (Phi) is 16.2. The molecule has 0 unspecified atom stereocenters. The summed E-state index contributed by atoms with van der Waals surface area (Å²) in [5.41, 5.74) is -2.24. The zero-order valence-corrected chi connectivity index (χ0v) is 34.9. The van der Waals surface area contributed by atoms with Crippen LogP contribution >= 0.6 is 11.3 Å². The Morgan fingerprint density at radius 2 is 1.63 bits per heavy atom. The highest BCUT2D eigenvalue weighted by molar-refractivity contribution is 7.14. The first-order chi connectivity index (χ1) is 24.5. The molecule has 0 aliphatic heterocycles. The average molecular weight is 891 g/mol. The zero-order valence-electron chi connectivity index (χ0n) is 31.9. The molecule has 19 heteroatoms. The Labute approximate surface area is 334 Å². The Bertz CT molecular complexity index is 1810. The third kappa shape index (κ3) is 15.4. The molecule has 0 aliphatic carbocycles. The van der Waals surface area contributed by atoms with Crippen molar-refractivity contribution >= 4 is 46.3 Å². The lowest BCUT2D eigenvalue weighted by atomic mass is 10.1. The van der Waals surface area contributed by atoms with Crippen LogP contribution in [0.25, 0.3) is 11.1 Å². The number of anilines is 1. The molecule has 0 radical (unpaired) electrons. The van der Waals surface area contributed by atoms with Gasteiger partial charge in [-0.15, -0.1) is 16.0 Å². The van der Waals surface area contributed by atoms with E-state index in [9.17, 15) is 24.3 Å². The van der Waals surface area contributed by atoms with Crippen molar-refractivity contribution in [3.05, 3.63) is 47.5 Å². The van der Waals surface area contributed by atoms with Crippen molar-refractivity contribution in [2.24, 2.45) is 12.2 Å². The highest BCUT2D eigenvalue weighted by atomic mass is 127. The highest BCUT2D eigenvalue weighted by Crippen LogP contribution is 2.26. The predicted octanol–water partition coefficient (Wildman–Crippen LogP) is 2.44. The molecule has 0 spiro atoms. The minimum Gasteiger partial charge on any atom is -1.00 e. The van der Waals surface area contributed by atoms with Gasteiger partial charge < -0.3 is 58.2 Å². The maximum Gasteiger partial charge on any atom is 0.413 e. The number of esters is 1. The summed E-state index contributed by atoms with van der Waals surface area (Å²) in [6, 6.07) is 4.17. The summed E-state index contributed by atoms with van der Waals surface area (Å²) in [7, 11) is 1.81. The van der Waals surface area contributed by atoms with Gasteiger partial charge in [0.2, 0.25) is 11.9 Å². The van der Waals surface area contributed by atoms with E-state index in [2.05, 4.69) is 20.8 Å². The molecule has 1 aromatic carbocycles. The number of carboxylic acids is 1. The Hall–Kier alpha value is -4.53. The number of rotatable bonds is 14. The van der Waals surface area contributed by atoms with E-state index in [0.29, 0.717) is 25.1 Å². The van der Waals surface area contributed by atoms with Crippen molar-refractivity contribution in [1.82, 2.24) is 15.0 Å². The topological polar surface area (TPSA) is 193 Å². The fourth-order valence-corrected chi connectivity index (χ4v) is 4.99. The number of nitrogens with one attached hydrogen (secondary N) is 2. The quantitative estimate of drug-likeness (QED) is 0.0410. The first kappa shape index (κ1) is 45.6.